The molecule has 0 fully saturated rings. The van der Waals surface area contributed by atoms with Gasteiger partial charge < -0.3 is 19.5 Å². The summed E-state index contributed by atoms with van der Waals surface area (Å²) in [5.41, 5.74) is 0.288. The van der Waals surface area contributed by atoms with Gasteiger partial charge in [-0.15, -0.1) is 0 Å². The monoisotopic (exact) mass is 529 g/mol. The first-order valence-corrected chi connectivity index (χ1v) is 10.9. The Morgan fingerprint density at radius 1 is 1.38 bits per heavy atom. The molecule has 1 aromatic rings. The molecule has 2 unspecified atom stereocenters. The zero-order valence-corrected chi connectivity index (χ0v) is 20.2. The summed E-state index contributed by atoms with van der Waals surface area (Å²) in [5, 5.41) is 5.77. The van der Waals surface area contributed by atoms with E-state index in [1.165, 1.54) is 0 Å². The molecule has 2 N–H and O–H groups in total. The predicted octanol–water partition coefficient (Wildman–Crippen LogP) is 3.23. The molecule has 158 valence electrons. The molecular formula is C19H25Br2N5O3. The van der Waals surface area contributed by atoms with Gasteiger partial charge in [0, 0.05) is 19.3 Å². The lowest BCUT2D eigenvalue weighted by atomic mass is 10.0. The van der Waals surface area contributed by atoms with Gasteiger partial charge in [-0.3, -0.25) is 10.1 Å². The summed E-state index contributed by atoms with van der Waals surface area (Å²) in [5.74, 6) is -0.0683. The van der Waals surface area contributed by atoms with Gasteiger partial charge in [0.15, 0.2) is 0 Å². The van der Waals surface area contributed by atoms with Crippen LogP contribution in [0.15, 0.2) is 32.3 Å². The van der Waals surface area contributed by atoms with Gasteiger partial charge in [-0.1, -0.05) is 12.2 Å². The maximum atomic E-state index is 13.3. The Balaban J connectivity index is 1.71. The molecule has 0 spiro atoms. The fourth-order valence-electron chi connectivity index (χ4n) is 3.37. The topological polar surface area (TPSA) is 88.0 Å². The summed E-state index contributed by atoms with van der Waals surface area (Å²) in [6.45, 7) is 7.74. The Labute approximate surface area is 187 Å². The quantitative estimate of drug-likeness (QED) is 0.574. The van der Waals surface area contributed by atoms with Gasteiger partial charge in [0.1, 0.15) is 17.8 Å². The van der Waals surface area contributed by atoms with Crippen LogP contribution in [0.1, 0.15) is 39.3 Å². The summed E-state index contributed by atoms with van der Waals surface area (Å²) >= 11 is 7.00. The van der Waals surface area contributed by atoms with E-state index in [9.17, 15) is 9.59 Å². The highest BCUT2D eigenvalue weighted by Crippen LogP contribution is 2.32. The molecule has 2 amide bonds. The first kappa shape index (κ1) is 21.9. The van der Waals surface area contributed by atoms with E-state index in [0.29, 0.717) is 12.5 Å². The summed E-state index contributed by atoms with van der Waals surface area (Å²) in [4.78, 5) is 31.5. The van der Waals surface area contributed by atoms with Gasteiger partial charge in [-0.25, -0.2) is 9.79 Å². The van der Waals surface area contributed by atoms with Gasteiger partial charge in [-0.05, 0) is 65.6 Å². The van der Waals surface area contributed by atoms with Crippen LogP contribution in [0, 0.1) is 0 Å². The second-order valence-electron chi connectivity index (χ2n) is 8.09. The SMILES string of the molecule is C[C@H](C(=O)N1CC=CC2N=C(NC(=O)OC(C)(C)C)NC21)c1cc(Br)c(Br)n1C. The fourth-order valence-corrected chi connectivity index (χ4v) is 4.19. The molecule has 3 atom stereocenters. The number of fused-ring (bicyclic) bond motifs is 1. The maximum absolute atomic E-state index is 13.3. The summed E-state index contributed by atoms with van der Waals surface area (Å²) in [7, 11) is 1.91. The Hall–Kier alpha value is -1.81. The third kappa shape index (κ3) is 4.69. The minimum absolute atomic E-state index is 0.0221. The van der Waals surface area contributed by atoms with Crippen LogP contribution in [0.3, 0.4) is 0 Å². The smallest absolute Gasteiger partial charge is 0.414 e. The second kappa shape index (κ2) is 8.14. The number of ether oxygens (including phenoxy) is 1. The molecule has 29 heavy (non-hydrogen) atoms. The zero-order valence-electron chi connectivity index (χ0n) is 17.0. The van der Waals surface area contributed by atoms with Gasteiger partial charge in [0.2, 0.25) is 11.9 Å². The second-order valence-corrected chi connectivity index (χ2v) is 9.70. The lowest BCUT2D eigenvalue weighted by molar-refractivity contribution is -0.135. The number of aliphatic imine (C=N–C) groups is 1. The van der Waals surface area contributed by atoms with E-state index in [4.69, 9.17) is 4.74 Å². The number of amides is 2. The first-order chi connectivity index (χ1) is 13.5. The highest BCUT2D eigenvalue weighted by atomic mass is 79.9. The van der Waals surface area contributed by atoms with Gasteiger partial charge in [-0.2, -0.15) is 0 Å². The Morgan fingerprint density at radius 2 is 2.07 bits per heavy atom. The van der Waals surface area contributed by atoms with Crippen molar-refractivity contribution in [2.75, 3.05) is 6.54 Å². The number of halogens is 2. The van der Waals surface area contributed by atoms with E-state index >= 15 is 0 Å². The number of aromatic nitrogens is 1. The first-order valence-electron chi connectivity index (χ1n) is 9.30. The molecule has 0 saturated carbocycles. The number of nitrogens with zero attached hydrogens (tertiary/aromatic N) is 3. The molecule has 0 bridgehead atoms. The molecular weight excluding hydrogens is 506 g/mol. The number of nitrogens with one attached hydrogen (secondary N) is 2. The number of guanidine groups is 1. The van der Waals surface area contributed by atoms with Crippen molar-refractivity contribution < 1.29 is 14.3 Å². The van der Waals surface area contributed by atoms with E-state index in [1.54, 1.807) is 25.7 Å². The molecule has 0 saturated heterocycles. The molecule has 0 aromatic carbocycles. The Bertz CT molecular complexity index is 887. The molecule has 0 radical (unpaired) electrons. The molecule has 3 rings (SSSR count). The molecule has 1 aromatic heterocycles. The minimum Gasteiger partial charge on any atom is -0.444 e. The zero-order chi connectivity index (χ0) is 21.5. The van der Waals surface area contributed by atoms with Gasteiger partial charge in [0.05, 0.1) is 15.0 Å². The number of hydrogen-bond donors (Lipinski definition) is 2. The lowest BCUT2D eigenvalue weighted by Crippen LogP contribution is -2.56. The Morgan fingerprint density at radius 3 is 2.66 bits per heavy atom. The van der Waals surface area contributed by atoms with Crippen LogP contribution in [0.5, 0.6) is 0 Å². The van der Waals surface area contributed by atoms with E-state index in [1.807, 2.05) is 36.8 Å². The van der Waals surface area contributed by atoms with Crippen LogP contribution < -0.4 is 10.6 Å². The van der Waals surface area contributed by atoms with E-state index in [2.05, 4.69) is 47.5 Å². The number of alkyl carbamates (subject to hydrolysis) is 1. The van der Waals surface area contributed by atoms with Crippen molar-refractivity contribution in [2.24, 2.45) is 12.0 Å². The van der Waals surface area contributed by atoms with Crippen LogP contribution in [-0.2, 0) is 16.6 Å². The van der Waals surface area contributed by atoms with Crippen molar-refractivity contribution in [3.05, 3.63) is 33.0 Å². The lowest BCUT2D eigenvalue weighted by Gasteiger charge is -2.35. The summed E-state index contributed by atoms with van der Waals surface area (Å²) < 4.78 is 9.00. The molecule has 2 aliphatic rings. The molecule has 2 aliphatic heterocycles. The van der Waals surface area contributed by atoms with Crippen molar-refractivity contribution in [1.29, 1.82) is 0 Å². The number of rotatable bonds is 2. The van der Waals surface area contributed by atoms with Crippen molar-refractivity contribution in [3.8, 4) is 0 Å². The molecule has 0 aliphatic carbocycles. The van der Waals surface area contributed by atoms with Crippen LogP contribution >= 0.6 is 31.9 Å². The number of carbonyl (C=O) groups is 2. The highest BCUT2D eigenvalue weighted by Gasteiger charge is 2.39. The van der Waals surface area contributed by atoms with Crippen molar-refractivity contribution in [2.45, 2.75) is 51.4 Å². The minimum atomic E-state index is -0.606. The van der Waals surface area contributed by atoms with Gasteiger partial charge in [0.25, 0.3) is 0 Å². The van der Waals surface area contributed by atoms with E-state index in [-0.39, 0.29) is 24.0 Å². The molecule has 3 heterocycles. The Kier molecular flexibility index (Phi) is 6.14. The summed E-state index contributed by atoms with van der Waals surface area (Å²) in [6.07, 6.45) is 2.92. The van der Waals surface area contributed by atoms with Crippen molar-refractivity contribution in [1.82, 2.24) is 20.1 Å². The average Bonchev–Trinajstić information content (AvgIpc) is 3.14. The van der Waals surface area contributed by atoms with Gasteiger partial charge >= 0.3 is 6.09 Å². The van der Waals surface area contributed by atoms with Crippen LogP contribution in [0.4, 0.5) is 4.79 Å². The van der Waals surface area contributed by atoms with E-state index < -0.39 is 11.7 Å². The van der Waals surface area contributed by atoms with Crippen LogP contribution in [0.25, 0.3) is 0 Å². The standard InChI is InChI=1S/C19H25Br2N5O3/c1-10(13-9-11(20)14(21)25(13)5)16(27)26-8-6-7-12-15(26)23-17(22-12)24-18(28)29-19(2,3)4/h6-7,9-10,12,15H,8H2,1-5H3,(H2,22,23,24,28)/t10-,12?,15?/m0/s1. The molecule has 10 heteroatoms. The number of carbonyl (C=O) groups excluding carboxylic acids is 2. The average molecular weight is 531 g/mol. The van der Waals surface area contributed by atoms with Crippen molar-refractivity contribution >= 4 is 49.8 Å². The largest absolute Gasteiger partial charge is 0.444 e. The fraction of sp³-hybridized carbons (Fsp3) is 0.526. The van der Waals surface area contributed by atoms with E-state index in [0.717, 1.165) is 14.8 Å². The number of hydrogen-bond acceptors (Lipinski definition) is 5. The maximum Gasteiger partial charge on any atom is 0.414 e. The normalized spacial score (nSPS) is 21.9. The highest BCUT2D eigenvalue weighted by molar-refractivity contribution is 9.13. The van der Waals surface area contributed by atoms with Crippen molar-refractivity contribution in [3.63, 3.8) is 0 Å². The molecule has 8 nitrogen and oxygen atoms in total. The summed E-state index contributed by atoms with van der Waals surface area (Å²) in [6, 6.07) is 1.68. The van der Waals surface area contributed by atoms with Crippen LogP contribution in [-0.4, -0.2) is 51.8 Å². The predicted molar refractivity (Wildman–Crippen MR) is 118 cm³/mol. The van der Waals surface area contributed by atoms with Crippen LogP contribution in [0.2, 0.25) is 0 Å². The third-order valence-corrected chi connectivity index (χ3v) is 6.82. The third-order valence-electron chi connectivity index (χ3n) is 4.73.